The van der Waals surface area contributed by atoms with E-state index in [1.54, 1.807) is 0 Å². The highest BCUT2D eigenvalue weighted by Crippen LogP contribution is 2.39. The summed E-state index contributed by atoms with van der Waals surface area (Å²) in [7, 11) is -1.71. The maximum Gasteiger partial charge on any atom is 0.330 e. The van der Waals surface area contributed by atoms with Crippen molar-refractivity contribution in [2.75, 3.05) is 0 Å². The average Bonchev–Trinajstić information content (AvgIpc) is 2.45. The maximum absolute atomic E-state index is 9.99. The second-order valence-electron chi connectivity index (χ2n) is 5.50. The topological polar surface area (TPSA) is 38.7 Å². The third-order valence-electron chi connectivity index (χ3n) is 3.65. The first kappa shape index (κ1) is 20.3. The molecule has 0 aliphatic carbocycles. The Kier molecular flexibility index (Phi) is 14.5. The summed E-state index contributed by atoms with van der Waals surface area (Å²) < 4.78 is 11.4. The monoisotopic (exact) mass is 306 g/mol. The molecule has 2 atom stereocenters. The van der Waals surface area contributed by atoms with Gasteiger partial charge in [0, 0.05) is 0 Å². The molecule has 0 radical (unpaired) electrons. The molecule has 0 aromatic rings. The van der Waals surface area contributed by atoms with Crippen LogP contribution in [0.4, 0.5) is 0 Å². The number of unbranched alkanes of at least 4 members (excludes halogenated alkanes) is 4. The van der Waals surface area contributed by atoms with Crippen molar-refractivity contribution in [2.45, 2.75) is 104 Å². The minimum absolute atomic E-state index is 0.144. The van der Waals surface area contributed by atoms with Crippen molar-refractivity contribution in [3.05, 3.63) is 0 Å². The quantitative estimate of drug-likeness (QED) is 0.318. The van der Waals surface area contributed by atoms with E-state index in [1.165, 1.54) is 38.5 Å². The lowest BCUT2D eigenvalue weighted by Crippen LogP contribution is -2.13. The predicted octanol–water partition coefficient (Wildman–Crippen LogP) is 5.96. The van der Waals surface area contributed by atoms with Crippen LogP contribution in [0.15, 0.2) is 0 Å². The van der Waals surface area contributed by atoms with Gasteiger partial charge in [-0.1, -0.05) is 66.2 Å². The summed E-state index contributed by atoms with van der Waals surface area (Å²) in [6.07, 6.45) is 11.5. The van der Waals surface area contributed by atoms with E-state index in [1.807, 2.05) is 0 Å². The highest BCUT2D eigenvalue weighted by atomic mass is 31.2. The lowest BCUT2D eigenvalue weighted by atomic mass is 10.1. The molecule has 1 N–H and O–H groups in total. The lowest BCUT2D eigenvalue weighted by Gasteiger charge is -2.23. The molecular formula is C16H35O3P. The van der Waals surface area contributed by atoms with Crippen LogP contribution < -0.4 is 0 Å². The number of rotatable bonds is 14. The van der Waals surface area contributed by atoms with Gasteiger partial charge in [-0.05, 0) is 25.7 Å². The number of hydrogen-bond acceptors (Lipinski definition) is 3. The van der Waals surface area contributed by atoms with Crippen molar-refractivity contribution < 1.29 is 13.9 Å². The van der Waals surface area contributed by atoms with E-state index in [9.17, 15) is 4.89 Å². The molecule has 0 aromatic heterocycles. The number of hydrogen-bond donors (Lipinski definition) is 1. The van der Waals surface area contributed by atoms with Crippen LogP contribution >= 0.6 is 8.60 Å². The Labute approximate surface area is 127 Å². The molecule has 0 bridgehead atoms. The molecule has 0 fully saturated rings. The summed E-state index contributed by atoms with van der Waals surface area (Å²) in [6, 6.07) is 0. The van der Waals surface area contributed by atoms with Gasteiger partial charge in [0.1, 0.15) is 0 Å². The van der Waals surface area contributed by atoms with E-state index in [0.717, 1.165) is 25.7 Å². The first-order valence-electron chi connectivity index (χ1n) is 8.50. The van der Waals surface area contributed by atoms with Gasteiger partial charge in [0.05, 0.1) is 12.2 Å². The van der Waals surface area contributed by atoms with E-state index in [0.29, 0.717) is 0 Å². The third kappa shape index (κ3) is 11.0. The first-order valence-corrected chi connectivity index (χ1v) is 9.63. The maximum atomic E-state index is 9.99. The zero-order valence-corrected chi connectivity index (χ0v) is 14.8. The molecule has 0 spiro atoms. The fourth-order valence-corrected chi connectivity index (χ4v) is 3.26. The summed E-state index contributed by atoms with van der Waals surface area (Å²) in [5.41, 5.74) is 0. The van der Waals surface area contributed by atoms with Crippen LogP contribution in [-0.2, 0) is 9.05 Å². The first-order chi connectivity index (χ1) is 9.67. The fourth-order valence-electron chi connectivity index (χ4n) is 2.19. The zero-order valence-electron chi connectivity index (χ0n) is 13.9. The molecule has 122 valence electrons. The molecule has 2 unspecified atom stereocenters. The molecule has 0 aliphatic heterocycles. The normalized spacial score (nSPS) is 16.1. The Balaban J connectivity index is 3.92. The summed E-state index contributed by atoms with van der Waals surface area (Å²) in [5, 5.41) is 0. The lowest BCUT2D eigenvalue weighted by molar-refractivity contribution is 0.0958. The van der Waals surface area contributed by atoms with Crippen molar-refractivity contribution in [1.82, 2.24) is 0 Å². The van der Waals surface area contributed by atoms with Gasteiger partial charge in [-0.25, -0.2) is 0 Å². The van der Waals surface area contributed by atoms with Gasteiger partial charge in [0.15, 0.2) is 0 Å². The van der Waals surface area contributed by atoms with Gasteiger partial charge in [-0.3, -0.25) is 0 Å². The van der Waals surface area contributed by atoms with Gasteiger partial charge in [0.25, 0.3) is 0 Å². The molecule has 0 aromatic carbocycles. The van der Waals surface area contributed by atoms with Crippen molar-refractivity contribution in [2.24, 2.45) is 0 Å². The smallest absolute Gasteiger partial charge is 0.328 e. The highest BCUT2D eigenvalue weighted by molar-refractivity contribution is 7.40. The minimum atomic E-state index is -1.71. The molecular weight excluding hydrogens is 271 g/mol. The second-order valence-corrected chi connectivity index (χ2v) is 6.40. The average molecular weight is 306 g/mol. The van der Waals surface area contributed by atoms with Crippen LogP contribution in [0.1, 0.15) is 91.9 Å². The second kappa shape index (κ2) is 14.3. The van der Waals surface area contributed by atoms with Gasteiger partial charge >= 0.3 is 8.60 Å². The van der Waals surface area contributed by atoms with Crippen LogP contribution in [0.25, 0.3) is 0 Å². The zero-order chi connectivity index (χ0) is 15.2. The molecule has 4 heteroatoms. The SMILES string of the molecule is CCCCCC(CC)OP(O)OC(CC)CCCCC. The Morgan fingerprint density at radius 3 is 1.45 bits per heavy atom. The van der Waals surface area contributed by atoms with E-state index < -0.39 is 8.60 Å². The molecule has 0 amide bonds. The van der Waals surface area contributed by atoms with E-state index in [2.05, 4.69) is 27.7 Å². The third-order valence-corrected chi connectivity index (χ3v) is 4.61. The Morgan fingerprint density at radius 1 is 0.750 bits per heavy atom. The Morgan fingerprint density at radius 2 is 1.15 bits per heavy atom. The van der Waals surface area contributed by atoms with Crippen molar-refractivity contribution in [1.29, 1.82) is 0 Å². The largest absolute Gasteiger partial charge is 0.330 e. The molecule has 0 saturated heterocycles. The summed E-state index contributed by atoms with van der Waals surface area (Å²) in [5.74, 6) is 0. The van der Waals surface area contributed by atoms with Crippen LogP contribution in [0.2, 0.25) is 0 Å². The van der Waals surface area contributed by atoms with Gasteiger partial charge in [-0.15, -0.1) is 0 Å². The van der Waals surface area contributed by atoms with Crippen LogP contribution in [0.3, 0.4) is 0 Å². The van der Waals surface area contributed by atoms with Crippen molar-refractivity contribution >= 4 is 8.60 Å². The van der Waals surface area contributed by atoms with E-state index in [4.69, 9.17) is 9.05 Å². The van der Waals surface area contributed by atoms with Gasteiger partial charge < -0.3 is 13.9 Å². The molecule has 0 saturated carbocycles. The minimum Gasteiger partial charge on any atom is -0.328 e. The van der Waals surface area contributed by atoms with Crippen molar-refractivity contribution in [3.63, 3.8) is 0 Å². The molecule has 0 rings (SSSR count). The molecule has 3 nitrogen and oxygen atoms in total. The summed E-state index contributed by atoms with van der Waals surface area (Å²) in [4.78, 5) is 9.99. The van der Waals surface area contributed by atoms with Crippen molar-refractivity contribution in [3.8, 4) is 0 Å². The Bertz CT molecular complexity index is 182. The summed E-state index contributed by atoms with van der Waals surface area (Å²) >= 11 is 0. The van der Waals surface area contributed by atoms with Gasteiger partial charge in [0.2, 0.25) is 0 Å². The molecule has 0 heterocycles. The molecule has 0 aliphatic rings. The molecule has 20 heavy (non-hydrogen) atoms. The van der Waals surface area contributed by atoms with Crippen LogP contribution in [0.5, 0.6) is 0 Å². The van der Waals surface area contributed by atoms with E-state index >= 15 is 0 Å². The summed E-state index contributed by atoms with van der Waals surface area (Å²) in [6.45, 7) is 8.62. The van der Waals surface area contributed by atoms with Crippen LogP contribution in [0, 0.1) is 0 Å². The van der Waals surface area contributed by atoms with Crippen LogP contribution in [-0.4, -0.2) is 17.1 Å². The highest BCUT2D eigenvalue weighted by Gasteiger charge is 2.19. The van der Waals surface area contributed by atoms with E-state index in [-0.39, 0.29) is 12.2 Å². The Hall–Kier alpha value is 0.310. The standard InChI is InChI=1S/C16H35O3P/c1-5-9-11-13-15(7-3)18-20(17)19-16(8-4)14-12-10-6-2/h15-17H,5-14H2,1-4H3. The fraction of sp³-hybridized carbons (Fsp3) is 1.00. The predicted molar refractivity (Wildman–Crippen MR) is 87.8 cm³/mol. The van der Waals surface area contributed by atoms with Gasteiger partial charge in [-0.2, -0.15) is 0 Å².